The fourth-order valence-corrected chi connectivity index (χ4v) is 4.20. The molecule has 1 saturated carbocycles. The Labute approximate surface area is 135 Å². The molecule has 3 atom stereocenters. The Hall–Kier alpha value is -1.80. The minimum Gasteiger partial charge on any atom is -0.378 e. The van der Waals surface area contributed by atoms with E-state index in [2.05, 4.69) is 29.6 Å². The van der Waals surface area contributed by atoms with Gasteiger partial charge < -0.3 is 5.32 Å². The average Bonchev–Trinajstić information content (AvgIpc) is 2.55. The van der Waals surface area contributed by atoms with E-state index in [0.29, 0.717) is 23.1 Å². The number of ketones is 1. The quantitative estimate of drug-likeness (QED) is 0.806. The molecule has 2 aliphatic rings. The largest absolute Gasteiger partial charge is 0.378 e. The van der Waals surface area contributed by atoms with Gasteiger partial charge in [-0.25, -0.2) is 0 Å². The number of fused-ring (bicyclic) bond motifs is 3. The highest BCUT2D eigenvalue weighted by Gasteiger charge is 2.42. The van der Waals surface area contributed by atoms with Crippen LogP contribution >= 0.6 is 11.6 Å². The molecule has 2 aromatic rings. The molecule has 0 saturated heterocycles. The van der Waals surface area contributed by atoms with Crippen molar-refractivity contribution in [2.45, 2.75) is 31.2 Å². The summed E-state index contributed by atoms with van der Waals surface area (Å²) in [6, 6.07) is 16.5. The molecule has 1 fully saturated rings. The van der Waals surface area contributed by atoms with E-state index in [4.69, 9.17) is 11.6 Å². The molecule has 3 heteroatoms. The monoisotopic (exact) mass is 311 g/mol. The number of rotatable bonds is 1. The molecule has 0 bridgehead atoms. The number of Topliss-reactive ketones (excluding diaryl/α,β-unsaturated/α-hetero) is 1. The summed E-state index contributed by atoms with van der Waals surface area (Å²) in [7, 11) is 0. The third-order valence-electron chi connectivity index (χ3n) is 4.98. The lowest BCUT2D eigenvalue weighted by Crippen LogP contribution is -2.38. The fraction of sp³-hybridized carbons (Fsp3) is 0.316. The Kier molecular flexibility index (Phi) is 3.42. The van der Waals surface area contributed by atoms with Gasteiger partial charge in [0.2, 0.25) is 0 Å². The lowest BCUT2D eigenvalue weighted by atomic mass is 9.67. The number of anilines is 1. The maximum atomic E-state index is 12.6. The SMILES string of the molecule is O=C1CCC[C@H]2[C@@H](c3ccccc3)Nc3ccc(Cl)cc3[C@@H]12. The molecule has 4 rings (SSSR count). The molecule has 0 aromatic heterocycles. The highest BCUT2D eigenvalue weighted by atomic mass is 35.5. The summed E-state index contributed by atoms with van der Waals surface area (Å²) in [6.07, 6.45) is 2.75. The van der Waals surface area contributed by atoms with Gasteiger partial charge in [-0.2, -0.15) is 0 Å². The van der Waals surface area contributed by atoms with Gasteiger partial charge in [-0.15, -0.1) is 0 Å². The highest BCUT2D eigenvalue weighted by molar-refractivity contribution is 6.30. The van der Waals surface area contributed by atoms with Crippen LogP contribution in [-0.4, -0.2) is 5.78 Å². The zero-order valence-electron chi connectivity index (χ0n) is 12.3. The molecule has 0 spiro atoms. The lowest BCUT2D eigenvalue weighted by Gasteiger charge is -2.42. The first-order valence-corrected chi connectivity index (χ1v) is 8.25. The lowest BCUT2D eigenvalue weighted by molar-refractivity contribution is -0.123. The molecule has 112 valence electrons. The van der Waals surface area contributed by atoms with Gasteiger partial charge in [-0.05, 0) is 48.1 Å². The van der Waals surface area contributed by atoms with Crippen LogP contribution in [0.15, 0.2) is 48.5 Å². The van der Waals surface area contributed by atoms with Crippen LogP contribution in [0.3, 0.4) is 0 Å². The third-order valence-corrected chi connectivity index (χ3v) is 5.22. The Morgan fingerprint density at radius 2 is 1.91 bits per heavy atom. The van der Waals surface area contributed by atoms with E-state index in [1.165, 1.54) is 5.56 Å². The first kappa shape index (κ1) is 13.8. The van der Waals surface area contributed by atoms with Crippen molar-refractivity contribution in [2.24, 2.45) is 5.92 Å². The smallest absolute Gasteiger partial charge is 0.140 e. The summed E-state index contributed by atoms with van der Waals surface area (Å²) in [6.45, 7) is 0. The molecular weight excluding hydrogens is 294 g/mol. The number of nitrogens with one attached hydrogen (secondary N) is 1. The van der Waals surface area contributed by atoms with E-state index in [1.54, 1.807) is 0 Å². The molecule has 2 aromatic carbocycles. The van der Waals surface area contributed by atoms with Crippen molar-refractivity contribution in [1.29, 1.82) is 0 Å². The standard InChI is InChI=1S/C19H18ClNO/c20-13-9-10-16-15(11-13)18-14(7-4-8-17(18)22)19(21-16)12-5-2-1-3-6-12/h1-3,5-6,9-11,14,18-19,21H,4,7-8H2/t14-,18+,19-/m1/s1. The van der Waals surface area contributed by atoms with Crippen molar-refractivity contribution in [2.75, 3.05) is 5.32 Å². The minimum atomic E-state index is -0.0195. The first-order chi connectivity index (χ1) is 10.7. The van der Waals surface area contributed by atoms with Gasteiger partial charge >= 0.3 is 0 Å². The summed E-state index contributed by atoms with van der Waals surface area (Å²) < 4.78 is 0. The number of benzene rings is 2. The van der Waals surface area contributed by atoms with Crippen molar-refractivity contribution in [3.05, 3.63) is 64.7 Å². The Bertz CT molecular complexity index is 713. The predicted molar refractivity (Wildman–Crippen MR) is 89.3 cm³/mol. The topological polar surface area (TPSA) is 29.1 Å². The van der Waals surface area contributed by atoms with Gasteiger partial charge in [0.05, 0.1) is 6.04 Å². The Morgan fingerprint density at radius 3 is 2.73 bits per heavy atom. The molecular formula is C19H18ClNO. The summed E-state index contributed by atoms with van der Waals surface area (Å²) in [5.41, 5.74) is 3.39. The van der Waals surface area contributed by atoms with Crippen LogP contribution in [0.4, 0.5) is 5.69 Å². The van der Waals surface area contributed by atoms with Crippen molar-refractivity contribution in [1.82, 2.24) is 0 Å². The van der Waals surface area contributed by atoms with Crippen molar-refractivity contribution in [3.8, 4) is 0 Å². The van der Waals surface area contributed by atoms with Crippen LogP contribution in [0.5, 0.6) is 0 Å². The molecule has 0 unspecified atom stereocenters. The van der Waals surface area contributed by atoms with Gasteiger partial charge in [0, 0.05) is 23.0 Å². The molecule has 22 heavy (non-hydrogen) atoms. The van der Waals surface area contributed by atoms with Crippen LogP contribution in [-0.2, 0) is 4.79 Å². The van der Waals surface area contributed by atoms with E-state index in [0.717, 1.165) is 24.1 Å². The van der Waals surface area contributed by atoms with Crippen LogP contribution in [0.1, 0.15) is 42.3 Å². The Morgan fingerprint density at radius 1 is 1.09 bits per heavy atom. The van der Waals surface area contributed by atoms with Crippen LogP contribution in [0.2, 0.25) is 5.02 Å². The molecule has 1 aliphatic carbocycles. The van der Waals surface area contributed by atoms with Gasteiger partial charge in [0.1, 0.15) is 5.78 Å². The van der Waals surface area contributed by atoms with E-state index >= 15 is 0 Å². The molecule has 2 nitrogen and oxygen atoms in total. The van der Waals surface area contributed by atoms with Gasteiger partial charge in [-0.3, -0.25) is 4.79 Å². The van der Waals surface area contributed by atoms with Crippen LogP contribution in [0, 0.1) is 5.92 Å². The van der Waals surface area contributed by atoms with Gasteiger partial charge in [-0.1, -0.05) is 41.9 Å². The number of halogens is 1. The van der Waals surface area contributed by atoms with E-state index < -0.39 is 0 Å². The zero-order valence-corrected chi connectivity index (χ0v) is 13.0. The number of hydrogen-bond donors (Lipinski definition) is 1. The van der Waals surface area contributed by atoms with Crippen molar-refractivity contribution < 1.29 is 4.79 Å². The predicted octanol–water partition coefficient (Wildman–Crippen LogP) is 4.96. The summed E-state index contributed by atoms with van der Waals surface area (Å²) >= 11 is 6.17. The minimum absolute atomic E-state index is 0.0195. The number of carbonyl (C=O) groups is 1. The molecule has 0 radical (unpaired) electrons. The summed E-state index contributed by atoms with van der Waals surface area (Å²) in [5, 5.41) is 4.35. The third kappa shape index (κ3) is 2.22. The summed E-state index contributed by atoms with van der Waals surface area (Å²) in [5.74, 6) is 0.658. The Balaban J connectivity index is 1.83. The fourth-order valence-electron chi connectivity index (χ4n) is 4.02. The van der Waals surface area contributed by atoms with E-state index in [1.807, 2.05) is 24.3 Å². The molecule has 0 amide bonds. The maximum absolute atomic E-state index is 12.6. The zero-order chi connectivity index (χ0) is 15.1. The molecule has 1 heterocycles. The van der Waals surface area contributed by atoms with Crippen molar-refractivity contribution >= 4 is 23.1 Å². The summed E-state index contributed by atoms with van der Waals surface area (Å²) in [4.78, 5) is 12.6. The second-order valence-electron chi connectivity index (χ2n) is 6.26. The van der Waals surface area contributed by atoms with E-state index in [9.17, 15) is 4.79 Å². The highest BCUT2D eigenvalue weighted by Crippen LogP contribution is 2.50. The number of hydrogen-bond acceptors (Lipinski definition) is 2. The molecule has 1 N–H and O–H groups in total. The average molecular weight is 312 g/mol. The van der Waals surface area contributed by atoms with Crippen LogP contribution < -0.4 is 5.32 Å². The first-order valence-electron chi connectivity index (χ1n) is 7.87. The van der Waals surface area contributed by atoms with Gasteiger partial charge in [0.15, 0.2) is 0 Å². The van der Waals surface area contributed by atoms with Crippen LogP contribution in [0.25, 0.3) is 0 Å². The second kappa shape index (κ2) is 5.44. The van der Waals surface area contributed by atoms with Gasteiger partial charge in [0.25, 0.3) is 0 Å². The molecule has 1 aliphatic heterocycles. The second-order valence-corrected chi connectivity index (χ2v) is 6.70. The van der Waals surface area contributed by atoms with E-state index in [-0.39, 0.29) is 12.0 Å². The van der Waals surface area contributed by atoms with Crippen molar-refractivity contribution in [3.63, 3.8) is 0 Å². The maximum Gasteiger partial charge on any atom is 0.140 e. The number of carbonyl (C=O) groups excluding carboxylic acids is 1. The normalized spacial score (nSPS) is 26.8.